The van der Waals surface area contributed by atoms with E-state index >= 15 is 0 Å². The Hall–Kier alpha value is -4.99. The molecule has 1 heterocycles. The van der Waals surface area contributed by atoms with E-state index < -0.39 is 11.2 Å². The van der Waals surface area contributed by atoms with Gasteiger partial charge in [0, 0.05) is 27.1 Å². The van der Waals surface area contributed by atoms with Crippen LogP contribution in [-0.4, -0.2) is 28.0 Å². The quantitative estimate of drug-likeness (QED) is 0.0988. The average Bonchev–Trinajstić information content (AvgIpc) is 3.54. The van der Waals surface area contributed by atoms with Crippen LogP contribution in [0.25, 0.3) is 17.3 Å². The van der Waals surface area contributed by atoms with Gasteiger partial charge in [0.05, 0.1) is 10.9 Å². The van der Waals surface area contributed by atoms with Crippen molar-refractivity contribution in [2.45, 2.75) is 36.8 Å². The number of aromatic nitrogens is 1. The Balaban J connectivity index is 1.26. The van der Waals surface area contributed by atoms with Crippen molar-refractivity contribution in [1.82, 2.24) is 10.3 Å². The summed E-state index contributed by atoms with van der Waals surface area (Å²) in [5.74, 6) is -0.660. The van der Waals surface area contributed by atoms with Gasteiger partial charge in [0.2, 0.25) is 5.91 Å². The lowest BCUT2D eigenvalue weighted by Gasteiger charge is -2.14. The largest absolute Gasteiger partial charge is 0.321 e. The first-order chi connectivity index (χ1) is 22.2. The highest BCUT2D eigenvalue weighted by Gasteiger charge is 2.18. The standard InChI is InChI=1S/C37H34N4O3S2/c1-24(2)27-19-17-26(18-20-27)21-32(39-35(43)29-13-8-5-9-14-29)36(44)38-30-15-10-16-31(22-30)46-25(3)34(42)41-37-40-33(23-45-37)28-11-6-4-7-12-28/h4-25H,1-3H3,(H,38,44)(H,39,43)(H,40,41,42)/b32-21+. The van der Waals surface area contributed by atoms with Crippen LogP contribution in [0.2, 0.25) is 0 Å². The fraction of sp³-hybridized carbons (Fsp3) is 0.135. The number of carbonyl (C=O) groups excluding carboxylic acids is 3. The molecule has 5 rings (SSSR count). The van der Waals surface area contributed by atoms with Gasteiger partial charge in [-0.05, 0) is 60.4 Å². The van der Waals surface area contributed by atoms with Crippen molar-refractivity contribution in [3.05, 3.63) is 137 Å². The van der Waals surface area contributed by atoms with E-state index in [1.165, 1.54) is 28.7 Å². The minimum absolute atomic E-state index is 0.107. The molecule has 0 aliphatic carbocycles. The fourth-order valence-electron chi connectivity index (χ4n) is 4.47. The fourth-order valence-corrected chi connectivity index (χ4v) is 6.12. The smallest absolute Gasteiger partial charge is 0.272 e. The molecular weight excluding hydrogens is 613 g/mol. The van der Waals surface area contributed by atoms with Crippen LogP contribution in [0.4, 0.5) is 10.8 Å². The summed E-state index contributed by atoms with van der Waals surface area (Å²) in [6, 6.07) is 33.7. The molecule has 0 bridgehead atoms. The predicted molar refractivity (Wildman–Crippen MR) is 189 cm³/mol. The number of amides is 3. The van der Waals surface area contributed by atoms with Crippen molar-refractivity contribution in [3.8, 4) is 11.3 Å². The SMILES string of the molecule is CC(Sc1cccc(NC(=O)/C(=C\c2ccc(C(C)C)cc2)NC(=O)c2ccccc2)c1)C(=O)Nc1nc(-c2ccccc2)cs1. The minimum Gasteiger partial charge on any atom is -0.321 e. The van der Waals surface area contributed by atoms with E-state index in [-0.39, 0.29) is 17.5 Å². The zero-order chi connectivity index (χ0) is 32.5. The Morgan fingerprint density at radius 3 is 2.20 bits per heavy atom. The normalized spacial score (nSPS) is 12.0. The van der Waals surface area contributed by atoms with Gasteiger partial charge < -0.3 is 16.0 Å². The van der Waals surface area contributed by atoms with Crippen LogP contribution >= 0.6 is 23.1 Å². The highest BCUT2D eigenvalue weighted by Crippen LogP contribution is 2.29. The average molecular weight is 647 g/mol. The first kappa shape index (κ1) is 32.4. The summed E-state index contributed by atoms with van der Waals surface area (Å²) in [5.41, 5.74) is 4.84. The van der Waals surface area contributed by atoms with Gasteiger partial charge in [0.1, 0.15) is 5.70 Å². The summed E-state index contributed by atoms with van der Waals surface area (Å²) < 4.78 is 0. The predicted octanol–water partition coefficient (Wildman–Crippen LogP) is 8.46. The minimum atomic E-state index is -0.469. The van der Waals surface area contributed by atoms with Crippen molar-refractivity contribution < 1.29 is 14.4 Å². The van der Waals surface area contributed by atoms with Gasteiger partial charge in [0.15, 0.2) is 5.13 Å². The number of rotatable bonds is 11. The number of benzene rings is 4. The molecule has 1 unspecified atom stereocenters. The number of carbonyl (C=O) groups is 3. The summed E-state index contributed by atoms with van der Waals surface area (Å²) in [6.07, 6.45) is 1.66. The number of hydrogen-bond acceptors (Lipinski definition) is 6. The van der Waals surface area contributed by atoms with Crippen LogP contribution in [0.5, 0.6) is 0 Å². The lowest BCUT2D eigenvalue weighted by molar-refractivity contribution is -0.115. The first-order valence-corrected chi connectivity index (χ1v) is 16.6. The topological polar surface area (TPSA) is 100 Å². The molecule has 0 saturated carbocycles. The molecule has 0 spiro atoms. The maximum Gasteiger partial charge on any atom is 0.272 e. The number of thioether (sulfide) groups is 1. The Morgan fingerprint density at radius 2 is 1.50 bits per heavy atom. The second-order valence-electron chi connectivity index (χ2n) is 10.8. The van der Waals surface area contributed by atoms with E-state index in [9.17, 15) is 14.4 Å². The van der Waals surface area contributed by atoms with Crippen molar-refractivity contribution in [2.75, 3.05) is 10.6 Å². The van der Waals surface area contributed by atoms with Gasteiger partial charge in [-0.15, -0.1) is 23.1 Å². The molecule has 4 aromatic carbocycles. The second-order valence-corrected chi connectivity index (χ2v) is 13.1. The Labute approximate surface area is 277 Å². The third-order valence-corrected chi connectivity index (χ3v) is 8.87. The molecule has 5 aromatic rings. The molecule has 1 atom stereocenters. The van der Waals surface area contributed by atoms with E-state index in [1.807, 2.05) is 85.1 Å². The van der Waals surface area contributed by atoms with Crippen LogP contribution < -0.4 is 16.0 Å². The van der Waals surface area contributed by atoms with Crippen LogP contribution in [0.3, 0.4) is 0 Å². The molecule has 232 valence electrons. The summed E-state index contributed by atoms with van der Waals surface area (Å²) in [5, 5.41) is 10.6. The van der Waals surface area contributed by atoms with E-state index in [2.05, 4.69) is 34.8 Å². The maximum atomic E-state index is 13.5. The second kappa shape index (κ2) is 15.3. The van der Waals surface area contributed by atoms with Crippen molar-refractivity contribution >= 4 is 57.7 Å². The number of anilines is 2. The summed E-state index contributed by atoms with van der Waals surface area (Å²) in [4.78, 5) is 44.9. The van der Waals surface area contributed by atoms with Crippen LogP contribution in [0, 0.1) is 0 Å². The van der Waals surface area contributed by atoms with Gasteiger partial charge in [-0.3, -0.25) is 14.4 Å². The Kier molecular flexibility index (Phi) is 10.8. The van der Waals surface area contributed by atoms with Crippen molar-refractivity contribution in [3.63, 3.8) is 0 Å². The van der Waals surface area contributed by atoms with E-state index in [1.54, 1.807) is 42.5 Å². The molecule has 0 aliphatic rings. The van der Waals surface area contributed by atoms with Gasteiger partial charge in [0.25, 0.3) is 11.8 Å². The molecule has 7 nitrogen and oxygen atoms in total. The highest BCUT2D eigenvalue weighted by atomic mass is 32.2. The molecule has 0 saturated heterocycles. The molecule has 46 heavy (non-hydrogen) atoms. The molecule has 3 N–H and O–H groups in total. The van der Waals surface area contributed by atoms with E-state index in [4.69, 9.17) is 0 Å². The molecule has 9 heteroatoms. The lowest BCUT2D eigenvalue weighted by atomic mass is 10.0. The van der Waals surface area contributed by atoms with Gasteiger partial charge in [-0.2, -0.15) is 0 Å². The molecular formula is C37H34N4O3S2. The molecule has 0 radical (unpaired) electrons. The van der Waals surface area contributed by atoms with Crippen molar-refractivity contribution in [2.24, 2.45) is 0 Å². The Bertz CT molecular complexity index is 1840. The molecule has 1 aromatic heterocycles. The number of thiazole rings is 1. The number of nitrogens with zero attached hydrogens (tertiary/aromatic N) is 1. The van der Waals surface area contributed by atoms with Gasteiger partial charge >= 0.3 is 0 Å². The van der Waals surface area contributed by atoms with Crippen molar-refractivity contribution in [1.29, 1.82) is 0 Å². The van der Waals surface area contributed by atoms with E-state index in [0.717, 1.165) is 21.7 Å². The molecule has 0 aliphatic heterocycles. The number of hydrogen-bond donors (Lipinski definition) is 3. The van der Waals surface area contributed by atoms with Crippen LogP contribution in [0.15, 0.2) is 125 Å². The zero-order valence-electron chi connectivity index (χ0n) is 25.7. The monoisotopic (exact) mass is 646 g/mol. The molecule has 0 fully saturated rings. The van der Waals surface area contributed by atoms with E-state index in [0.29, 0.717) is 22.3 Å². The van der Waals surface area contributed by atoms with Gasteiger partial charge in [-0.1, -0.05) is 92.7 Å². The zero-order valence-corrected chi connectivity index (χ0v) is 27.3. The first-order valence-electron chi connectivity index (χ1n) is 14.8. The van der Waals surface area contributed by atoms with Crippen LogP contribution in [0.1, 0.15) is 48.2 Å². The Morgan fingerprint density at radius 1 is 0.804 bits per heavy atom. The molecule has 3 amide bonds. The third-order valence-electron chi connectivity index (χ3n) is 7.02. The van der Waals surface area contributed by atoms with Gasteiger partial charge in [-0.25, -0.2) is 4.98 Å². The highest BCUT2D eigenvalue weighted by molar-refractivity contribution is 8.00. The number of nitrogens with one attached hydrogen (secondary N) is 3. The lowest BCUT2D eigenvalue weighted by Crippen LogP contribution is -2.30. The maximum absolute atomic E-state index is 13.5. The summed E-state index contributed by atoms with van der Waals surface area (Å²) in [7, 11) is 0. The summed E-state index contributed by atoms with van der Waals surface area (Å²) >= 11 is 2.75. The summed E-state index contributed by atoms with van der Waals surface area (Å²) in [6.45, 7) is 6.05. The van der Waals surface area contributed by atoms with Crippen LogP contribution in [-0.2, 0) is 9.59 Å². The third kappa shape index (κ3) is 8.80.